The zero-order chi connectivity index (χ0) is 19.0. The average Bonchev–Trinajstić information content (AvgIpc) is 2.67. The maximum atomic E-state index is 9.07. The Morgan fingerprint density at radius 3 is 1.56 bits per heavy atom. The first kappa shape index (κ1) is 16.3. The molecular weight excluding hydrogens is 340 g/mol. The predicted octanol–water partition coefficient (Wildman–Crippen LogP) is 3.47. The first-order valence-corrected chi connectivity index (χ1v) is 8.10. The molecule has 0 atom stereocenters. The van der Waals surface area contributed by atoms with Crippen molar-refractivity contribution in [2.45, 2.75) is 6.42 Å². The average molecular weight is 352 g/mol. The second kappa shape index (κ2) is 6.29. The van der Waals surface area contributed by atoms with Gasteiger partial charge >= 0.3 is 0 Å². The van der Waals surface area contributed by atoms with Crippen molar-refractivity contribution in [1.82, 2.24) is 0 Å². The van der Waals surface area contributed by atoms with Gasteiger partial charge in [0.05, 0.1) is 0 Å². The van der Waals surface area contributed by atoms with E-state index in [-0.39, 0.29) is 22.2 Å². The molecule has 27 heavy (non-hydrogen) atoms. The van der Waals surface area contributed by atoms with Crippen LogP contribution in [0, 0.1) is 33.5 Å². The fraction of sp³-hybridized carbons (Fsp3) is 0.0476. The highest BCUT2D eigenvalue weighted by Gasteiger charge is 2.07. The second-order valence-electron chi connectivity index (χ2n) is 6.12. The van der Waals surface area contributed by atoms with Crippen molar-refractivity contribution in [1.29, 1.82) is 21.3 Å². The van der Waals surface area contributed by atoms with Crippen LogP contribution in [0.1, 0.15) is 22.3 Å². The van der Waals surface area contributed by atoms with Gasteiger partial charge in [-0.05, 0) is 53.9 Å². The van der Waals surface area contributed by atoms with Crippen molar-refractivity contribution >= 4 is 21.9 Å². The number of nitrogens with zero attached hydrogens (tertiary/aromatic N) is 2. The molecule has 0 spiro atoms. The summed E-state index contributed by atoms with van der Waals surface area (Å²) in [6, 6.07) is 18.5. The summed E-state index contributed by atoms with van der Waals surface area (Å²) in [5, 5.41) is 35.0. The molecule has 0 saturated heterocycles. The summed E-state index contributed by atoms with van der Waals surface area (Å²) in [5.41, 5.74) is 3.27. The molecule has 0 aliphatic rings. The largest absolute Gasteiger partial charge is 0.438 e. The molecule has 0 radical (unpaired) electrons. The number of rotatable bonds is 2. The zero-order valence-corrected chi connectivity index (χ0v) is 14.0. The lowest BCUT2D eigenvalue weighted by molar-refractivity contribution is 0.530. The van der Waals surface area contributed by atoms with Crippen molar-refractivity contribution in [3.8, 4) is 12.1 Å². The standard InChI is InChI=1S/C21H12N4O2/c22-10-16-8-14-6-12(1-3-18(14)26-20(16)24)5-13-2-4-19-15(7-13)9-17(11-23)21(25)27-19/h1-4,6-9,24-25H,5H2. The van der Waals surface area contributed by atoms with E-state index in [1.54, 1.807) is 24.3 Å². The number of nitrogens with one attached hydrogen (secondary N) is 2. The molecular formula is C21H12N4O2. The van der Waals surface area contributed by atoms with E-state index in [2.05, 4.69) is 0 Å². The van der Waals surface area contributed by atoms with Crippen LogP contribution < -0.4 is 11.1 Å². The van der Waals surface area contributed by atoms with Gasteiger partial charge in [0, 0.05) is 10.8 Å². The smallest absolute Gasteiger partial charge is 0.229 e. The van der Waals surface area contributed by atoms with Gasteiger partial charge in [0.1, 0.15) is 34.4 Å². The van der Waals surface area contributed by atoms with E-state index in [1.165, 1.54) is 0 Å². The van der Waals surface area contributed by atoms with E-state index in [9.17, 15) is 0 Å². The molecule has 0 amide bonds. The molecule has 4 rings (SSSR count). The van der Waals surface area contributed by atoms with Crippen LogP contribution in [0.5, 0.6) is 0 Å². The molecule has 0 fully saturated rings. The summed E-state index contributed by atoms with van der Waals surface area (Å²) >= 11 is 0. The minimum atomic E-state index is -0.141. The van der Waals surface area contributed by atoms with Gasteiger partial charge in [-0.15, -0.1) is 0 Å². The Morgan fingerprint density at radius 2 is 1.15 bits per heavy atom. The molecule has 2 aromatic carbocycles. The highest BCUT2D eigenvalue weighted by molar-refractivity contribution is 5.80. The Bertz CT molecular complexity index is 1310. The Labute approximate surface area is 153 Å². The van der Waals surface area contributed by atoms with Crippen molar-refractivity contribution in [2.24, 2.45) is 0 Å². The molecule has 0 aliphatic carbocycles. The third-order valence-corrected chi connectivity index (χ3v) is 4.31. The molecule has 2 aromatic heterocycles. The molecule has 0 saturated carbocycles. The van der Waals surface area contributed by atoms with Crippen molar-refractivity contribution in [3.63, 3.8) is 0 Å². The van der Waals surface area contributed by atoms with E-state index in [0.29, 0.717) is 17.6 Å². The van der Waals surface area contributed by atoms with Crippen LogP contribution in [0.15, 0.2) is 57.4 Å². The SMILES string of the molecule is N#Cc1cc2cc(Cc3ccc4oc(=N)c(C#N)cc4c3)ccc2oc1=N. The van der Waals surface area contributed by atoms with E-state index < -0.39 is 0 Å². The van der Waals surface area contributed by atoms with Crippen molar-refractivity contribution < 1.29 is 8.83 Å². The van der Waals surface area contributed by atoms with Gasteiger partial charge in [0.15, 0.2) is 0 Å². The number of benzene rings is 2. The zero-order valence-electron chi connectivity index (χ0n) is 14.0. The Balaban J connectivity index is 1.75. The molecule has 2 N–H and O–H groups in total. The van der Waals surface area contributed by atoms with Crippen LogP contribution in [0.2, 0.25) is 0 Å². The first-order valence-electron chi connectivity index (χ1n) is 8.10. The number of fused-ring (bicyclic) bond motifs is 2. The van der Waals surface area contributed by atoms with Crippen LogP contribution in [0.3, 0.4) is 0 Å². The van der Waals surface area contributed by atoms with Gasteiger partial charge in [-0.2, -0.15) is 10.5 Å². The van der Waals surface area contributed by atoms with Crippen LogP contribution in [-0.4, -0.2) is 0 Å². The van der Waals surface area contributed by atoms with E-state index >= 15 is 0 Å². The van der Waals surface area contributed by atoms with Gasteiger partial charge < -0.3 is 8.83 Å². The summed E-state index contributed by atoms with van der Waals surface area (Å²) < 4.78 is 10.7. The van der Waals surface area contributed by atoms with Crippen LogP contribution in [-0.2, 0) is 6.42 Å². The number of hydrogen-bond acceptors (Lipinski definition) is 6. The molecule has 0 aliphatic heterocycles. The number of nitriles is 2. The molecule has 6 heteroatoms. The van der Waals surface area contributed by atoms with Crippen molar-refractivity contribution in [3.05, 3.63) is 81.9 Å². The molecule has 128 valence electrons. The van der Waals surface area contributed by atoms with E-state index in [1.807, 2.05) is 36.4 Å². The monoisotopic (exact) mass is 352 g/mol. The maximum Gasteiger partial charge on any atom is 0.229 e. The first-order chi connectivity index (χ1) is 13.1. The fourth-order valence-corrected chi connectivity index (χ4v) is 3.00. The highest BCUT2D eigenvalue weighted by Crippen LogP contribution is 2.21. The maximum absolute atomic E-state index is 9.07. The molecule has 0 bridgehead atoms. The minimum Gasteiger partial charge on any atom is -0.438 e. The normalized spacial score (nSPS) is 10.6. The molecule has 6 nitrogen and oxygen atoms in total. The molecule has 4 aromatic rings. The van der Waals surface area contributed by atoms with Crippen molar-refractivity contribution in [2.75, 3.05) is 0 Å². The fourth-order valence-electron chi connectivity index (χ4n) is 3.00. The lowest BCUT2D eigenvalue weighted by Crippen LogP contribution is -2.04. The van der Waals surface area contributed by atoms with Gasteiger partial charge in [-0.25, -0.2) is 0 Å². The Hall–Kier alpha value is -4.16. The minimum absolute atomic E-state index is 0.141. The highest BCUT2D eigenvalue weighted by atomic mass is 16.3. The van der Waals surface area contributed by atoms with Gasteiger partial charge in [0.2, 0.25) is 11.1 Å². The summed E-state index contributed by atoms with van der Waals surface area (Å²) in [6.07, 6.45) is 0.640. The lowest BCUT2D eigenvalue weighted by Gasteiger charge is -2.06. The predicted molar refractivity (Wildman–Crippen MR) is 96.4 cm³/mol. The third kappa shape index (κ3) is 2.97. The Morgan fingerprint density at radius 1 is 0.704 bits per heavy atom. The topological polar surface area (TPSA) is 122 Å². The van der Waals surface area contributed by atoms with Gasteiger partial charge in [-0.1, -0.05) is 12.1 Å². The molecule has 2 heterocycles. The summed E-state index contributed by atoms with van der Waals surface area (Å²) in [7, 11) is 0. The van der Waals surface area contributed by atoms with Crippen LogP contribution >= 0.6 is 0 Å². The summed E-state index contributed by atoms with van der Waals surface area (Å²) in [6.45, 7) is 0. The second-order valence-corrected chi connectivity index (χ2v) is 6.12. The van der Waals surface area contributed by atoms with Crippen LogP contribution in [0.4, 0.5) is 0 Å². The third-order valence-electron chi connectivity index (χ3n) is 4.31. The summed E-state index contributed by atoms with van der Waals surface area (Å²) in [4.78, 5) is 0. The van der Waals surface area contributed by atoms with E-state index in [0.717, 1.165) is 21.9 Å². The quantitative estimate of drug-likeness (QED) is 0.573. The Kier molecular flexibility index (Phi) is 3.80. The van der Waals surface area contributed by atoms with E-state index in [4.69, 9.17) is 30.2 Å². The van der Waals surface area contributed by atoms with Gasteiger partial charge in [0.25, 0.3) is 0 Å². The number of hydrogen-bond donors (Lipinski definition) is 2. The lowest BCUT2D eigenvalue weighted by atomic mass is 10.0. The summed E-state index contributed by atoms with van der Waals surface area (Å²) in [5.74, 6) is 0. The molecule has 0 unspecified atom stereocenters. The van der Waals surface area contributed by atoms with Crippen LogP contribution in [0.25, 0.3) is 21.9 Å². The van der Waals surface area contributed by atoms with Gasteiger partial charge in [-0.3, -0.25) is 10.8 Å².